The standard InChI is InChI=1S/C21H17NO5/c1-2-12-7-15-14(9-20(24)27-19(15)10-18(12)23)11-26-21(25)17-8-13-5-3-4-6-16(13)22-17/h3-10,22-23H,2,11H2,1H3. The molecular weight excluding hydrogens is 346 g/mol. The Hall–Kier alpha value is -3.54. The molecule has 4 rings (SSSR count). The molecule has 2 aromatic heterocycles. The molecule has 0 bridgehead atoms. The number of aromatic hydroxyl groups is 1. The largest absolute Gasteiger partial charge is 0.508 e. The van der Waals surface area contributed by atoms with Gasteiger partial charge in [0.25, 0.3) is 0 Å². The summed E-state index contributed by atoms with van der Waals surface area (Å²) in [6.07, 6.45) is 0.620. The Morgan fingerprint density at radius 3 is 2.74 bits per heavy atom. The number of phenolic OH excluding ortho intramolecular Hbond substituents is 1. The van der Waals surface area contributed by atoms with Crippen molar-refractivity contribution in [2.24, 2.45) is 0 Å². The molecule has 2 aromatic carbocycles. The number of benzene rings is 2. The number of nitrogens with one attached hydrogen (secondary N) is 1. The number of carbonyl (C=O) groups is 1. The minimum atomic E-state index is -0.567. The van der Waals surface area contributed by atoms with Crippen molar-refractivity contribution in [1.29, 1.82) is 0 Å². The van der Waals surface area contributed by atoms with E-state index in [0.717, 1.165) is 16.5 Å². The smallest absolute Gasteiger partial charge is 0.355 e. The average Bonchev–Trinajstić information content (AvgIpc) is 3.09. The number of para-hydroxylation sites is 1. The van der Waals surface area contributed by atoms with E-state index in [9.17, 15) is 14.7 Å². The summed E-state index contributed by atoms with van der Waals surface area (Å²) in [5.74, 6) is -0.442. The molecule has 0 aliphatic rings. The SMILES string of the molecule is CCc1cc2c(COC(=O)c3cc4ccccc4[nH]3)cc(=O)oc2cc1O. The van der Waals surface area contributed by atoms with Gasteiger partial charge in [0.15, 0.2) is 0 Å². The van der Waals surface area contributed by atoms with Gasteiger partial charge in [-0.3, -0.25) is 0 Å². The molecule has 6 heteroatoms. The zero-order chi connectivity index (χ0) is 19.0. The van der Waals surface area contributed by atoms with Crippen molar-refractivity contribution >= 4 is 27.8 Å². The number of hydrogen-bond donors (Lipinski definition) is 2. The first-order valence-electron chi connectivity index (χ1n) is 8.58. The molecule has 0 atom stereocenters. The van der Waals surface area contributed by atoms with Crippen LogP contribution >= 0.6 is 0 Å². The van der Waals surface area contributed by atoms with Crippen LogP contribution in [0.4, 0.5) is 0 Å². The number of aromatic amines is 1. The van der Waals surface area contributed by atoms with Crippen LogP contribution in [0.2, 0.25) is 0 Å². The summed E-state index contributed by atoms with van der Waals surface area (Å²) in [5, 5.41) is 11.5. The molecule has 4 aromatic rings. The molecule has 0 spiro atoms. The minimum absolute atomic E-state index is 0.0698. The van der Waals surface area contributed by atoms with Crippen LogP contribution < -0.4 is 5.63 Å². The molecule has 0 saturated heterocycles. The summed E-state index contributed by atoms with van der Waals surface area (Å²) in [6, 6.07) is 13.7. The van der Waals surface area contributed by atoms with Crippen molar-refractivity contribution in [2.45, 2.75) is 20.0 Å². The summed E-state index contributed by atoms with van der Waals surface area (Å²) in [6.45, 7) is 1.83. The predicted octanol–water partition coefficient (Wildman–Crippen LogP) is 3.90. The Morgan fingerprint density at radius 2 is 1.96 bits per heavy atom. The second-order valence-electron chi connectivity index (χ2n) is 6.27. The Labute approximate surface area is 154 Å². The van der Waals surface area contributed by atoms with Gasteiger partial charge in [-0.15, -0.1) is 0 Å². The van der Waals surface area contributed by atoms with Crippen molar-refractivity contribution < 1.29 is 19.1 Å². The number of carbonyl (C=O) groups excluding carboxylic acids is 1. The van der Waals surface area contributed by atoms with Crippen molar-refractivity contribution in [1.82, 2.24) is 4.98 Å². The molecule has 2 N–H and O–H groups in total. The Morgan fingerprint density at radius 1 is 1.15 bits per heavy atom. The van der Waals surface area contributed by atoms with Crippen LogP contribution in [0.1, 0.15) is 28.5 Å². The van der Waals surface area contributed by atoms with Gasteiger partial charge in [0, 0.05) is 34.0 Å². The summed E-state index contributed by atoms with van der Waals surface area (Å²) < 4.78 is 10.5. The zero-order valence-electron chi connectivity index (χ0n) is 14.6. The zero-order valence-corrected chi connectivity index (χ0v) is 14.6. The van der Waals surface area contributed by atoms with Crippen LogP contribution in [0.15, 0.2) is 57.7 Å². The van der Waals surface area contributed by atoms with Gasteiger partial charge in [-0.25, -0.2) is 9.59 Å². The van der Waals surface area contributed by atoms with E-state index in [1.807, 2.05) is 31.2 Å². The molecule has 0 aliphatic heterocycles. The van der Waals surface area contributed by atoms with Crippen LogP contribution in [0.25, 0.3) is 21.9 Å². The third kappa shape index (κ3) is 3.17. The van der Waals surface area contributed by atoms with E-state index in [-0.39, 0.29) is 17.9 Å². The van der Waals surface area contributed by atoms with Gasteiger partial charge in [-0.2, -0.15) is 0 Å². The Kier molecular flexibility index (Phi) is 4.16. The van der Waals surface area contributed by atoms with Gasteiger partial charge in [0.2, 0.25) is 0 Å². The number of fused-ring (bicyclic) bond motifs is 2. The normalized spacial score (nSPS) is 11.1. The van der Waals surface area contributed by atoms with Crippen LogP contribution in [0, 0.1) is 0 Å². The maximum Gasteiger partial charge on any atom is 0.355 e. The number of esters is 1. The number of H-pyrrole nitrogens is 1. The van der Waals surface area contributed by atoms with Crippen LogP contribution in [-0.4, -0.2) is 16.1 Å². The lowest BCUT2D eigenvalue weighted by Crippen LogP contribution is -2.08. The molecule has 0 radical (unpaired) electrons. The van der Waals surface area contributed by atoms with Gasteiger partial charge in [-0.1, -0.05) is 25.1 Å². The van der Waals surface area contributed by atoms with E-state index in [4.69, 9.17) is 9.15 Å². The molecule has 136 valence electrons. The second kappa shape index (κ2) is 6.64. The average molecular weight is 363 g/mol. The lowest BCUT2D eigenvalue weighted by Gasteiger charge is -2.09. The van der Waals surface area contributed by atoms with Gasteiger partial charge >= 0.3 is 11.6 Å². The van der Waals surface area contributed by atoms with Crippen molar-refractivity contribution in [3.8, 4) is 5.75 Å². The van der Waals surface area contributed by atoms with Crippen molar-refractivity contribution in [3.05, 3.63) is 75.8 Å². The fraction of sp³-hybridized carbons (Fsp3) is 0.143. The number of phenols is 1. The van der Waals surface area contributed by atoms with Gasteiger partial charge < -0.3 is 19.2 Å². The maximum atomic E-state index is 12.4. The molecular formula is C21H17NO5. The molecule has 0 saturated carbocycles. The first kappa shape index (κ1) is 16.9. The molecule has 0 aliphatic carbocycles. The van der Waals surface area contributed by atoms with E-state index < -0.39 is 11.6 Å². The third-order valence-corrected chi connectivity index (χ3v) is 4.52. The highest BCUT2D eigenvalue weighted by Gasteiger charge is 2.14. The summed E-state index contributed by atoms with van der Waals surface area (Å²) in [4.78, 5) is 27.2. The Bertz CT molecular complexity index is 1190. The van der Waals surface area contributed by atoms with E-state index in [2.05, 4.69) is 4.98 Å². The third-order valence-electron chi connectivity index (χ3n) is 4.52. The number of hydrogen-bond acceptors (Lipinski definition) is 5. The predicted molar refractivity (Wildman–Crippen MR) is 101 cm³/mol. The highest BCUT2D eigenvalue weighted by Crippen LogP contribution is 2.27. The molecule has 0 unspecified atom stereocenters. The quantitative estimate of drug-likeness (QED) is 0.424. The molecule has 0 fully saturated rings. The summed E-state index contributed by atoms with van der Waals surface area (Å²) in [5.41, 5.74) is 2.13. The first-order valence-corrected chi connectivity index (χ1v) is 8.58. The number of rotatable bonds is 4. The number of ether oxygens (including phenoxy) is 1. The van der Waals surface area contributed by atoms with E-state index in [1.165, 1.54) is 12.1 Å². The minimum Gasteiger partial charge on any atom is -0.508 e. The Balaban J connectivity index is 1.64. The summed E-state index contributed by atoms with van der Waals surface area (Å²) >= 11 is 0. The van der Waals surface area contributed by atoms with E-state index >= 15 is 0 Å². The van der Waals surface area contributed by atoms with Gasteiger partial charge in [-0.05, 0) is 30.2 Å². The molecule has 6 nitrogen and oxygen atoms in total. The fourth-order valence-corrected chi connectivity index (χ4v) is 3.11. The number of aromatic nitrogens is 1. The second-order valence-corrected chi connectivity index (χ2v) is 6.27. The monoisotopic (exact) mass is 363 g/mol. The van der Waals surface area contributed by atoms with E-state index in [0.29, 0.717) is 23.1 Å². The van der Waals surface area contributed by atoms with Crippen molar-refractivity contribution in [2.75, 3.05) is 0 Å². The lowest BCUT2D eigenvalue weighted by molar-refractivity contribution is 0.0468. The molecule has 0 amide bonds. The topological polar surface area (TPSA) is 92.5 Å². The van der Waals surface area contributed by atoms with Gasteiger partial charge in [0.1, 0.15) is 23.6 Å². The van der Waals surface area contributed by atoms with Crippen LogP contribution in [0.5, 0.6) is 5.75 Å². The fourth-order valence-electron chi connectivity index (χ4n) is 3.11. The molecule has 2 heterocycles. The first-order chi connectivity index (χ1) is 13.0. The van der Waals surface area contributed by atoms with Crippen molar-refractivity contribution in [3.63, 3.8) is 0 Å². The highest BCUT2D eigenvalue weighted by atomic mass is 16.5. The van der Waals surface area contributed by atoms with Crippen LogP contribution in [-0.2, 0) is 17.8 Å². The number of aryl methyl sites for hydroxylation is 1. The maximum absolute atomic E-state index is 12.4. The van der Waals surface area contributed by atoms with E-state index in [1.54, 1.807) is 12.1 Å². The molecule has 27 heavy (non-hydrogen) atoms. The van der Waals surface area contributed by atoms with Crippen LogP contribution in [0.3, 0.4) is 0 Å². The lowest BCUT2D eigenvalue weighted by atomic mass is 10.0. The van der Waals surface area contributed by atoms with Gasteiger partial charge in [0.05, 0.1) is 0 Å². The summed E-state index contributed by atoms with van der Waals surface area (Å²) in [7, 11) is 0. The highest BCUT2D eigenvalue weighted by molar-refractivity contribution is 5.95.